The number of benzene rings is 1. The van der Waals surface area contributed by atoms with Crippen molar-refractivity contribution in [2.45, 2.75) is 13.5 Å². The number of nitrogens with zero attached hydrogens (tertiary/aromatic N) is 1. The lowest BCUT2D eigenvalue weighted by Gasteiger charge is -2.05. The molecule has 0 aliphatic heterocycles. The van der Waals surface area contributed by atoms with E-state index in [9.17, 15) is 0 Å². The van der Waals surface area contributed by atoms with E-state index in [1.807, 2.05) is 12.3 Å². The van der Waals surface area contributed by atoms with E-state index < -0.39 is 0 Å². The van der Waals surface area contributed by atoms with Crippen LogP contribution in [0.25, 0.3) is 10.8 Å². The second-order valence-electron chi connectivity index (χ2n) is 3.26. The number of pyridine rings is 1. The van der Waals surface area contributed by atoms with Crippen LogP contribution in [0.4, 0.5) is 0 Å². The van der Waals surface area contributed by atoms with Gasteiger partial charge in [0.15, 0.2) is 0 Å². The third kappa shape index (κ3) is 1.75. The van der Waals surface area contributed by atoms with Gasteiger partial charge in [0, 0.05) is 18.1 Å². The molecule has 0 atom stereocenters. The molecule has 0 saturated carbocycles. The SMILES string of the molecule is CCNCc1nccc2ccccc12. The number of hydrogen-bond acceptors (Lipinski definition) is 2. The quantitative estimate of drug-likeness (QED) is 0.795. The Bertz CT molecular complexity index is 418. The summed E-state index contributed by atoms with van der Waals surface area (Å²) in [7, 11) is 0. The van der Waals surface area contributed by atoms with E-state index >= 15 is 0 Å². The minimum atomic E-state index is 0.845. The van der Waals surface area contributed by atoms with Gasteiger partial charge in [0.1, 0.15) is 0 Å². The zero-order valence-electron chi connectivity index (χ0n) is 8.33. The van der Waals surface area contributed by atoms with E-state index in [1.165, 1.54) is 10.8 Å². The molecule has 1 N–H and O–H groups in total. The van der Waals surface area contributed by atoms with E-state index in [-0.39, 0.29) is 0 Å². The number of aromatic nitrogens is 1. The number of hydrogen-bond donors (Lipinski definition) is 1. The average molecular weight is 186 g/mol. The van der Waals surface area contributed by atoms with Crippen molar-refractivity contribution in [3.8, 4) is 0 Å². The van der Waals surface area contributed by atoms with E-state index in [0.29, 0.717) is 0 Å². The molecule has 0 spiro atoms. The molecule has 0 amide bonds. The molecule has 2 aromatic rings. The molecule has 0 radical (unpaired) electrons. The molecule has 2 rings (SSSR count). The van der Waals surface area contributed by atoms with Crippen LogP contribution >= 0.6 is 0 Å². The molecule has 0 aliphatic carbocycles. The monoisotopic (exact) mass is 186 g/mol. The lowest BCUT2D eigenvalue weighted by atomic mass is 10.1. The van der Waals surface area contributed by atoms with Crippen LogP contribution in [-0.4, -0.2) is 11.5 Å². The molecule has 0 fully saturated rings. The highest BCUT2D eigenvalue weighted by Gasteiger charge is 1.99. The molecule has 1 aromatic heterocycles. The smallest absolute Gasteiger partial charge is 0.0619 e. The van der Waals surface area contributed by atoms with Gasteiger partial charge >= 0.3 is 0 Å². The molecule has 1 aromatic carbocycles. The van der Waals surface area contributed by atoms with Crippen LogP contribution in [0.3, 0.4) is 0 Å². The molecule has 0 aliphatic rings. The average Bonchev–Trinajstić information content (AvgIpc) is 2.26. The molecule has 2 nitrogen and oxygen atoms in total. The summed E-state index contributed by atoms with van der Waals surface area (Å²) in [4.78, 5) is 4.38. The highest BCUT2D eigenvalue weighted by Crippen LogP contribution is 2.15. The number of nitrogens with one attached hydrogen (secondary N) is 1. The Kier molecular flexibility index (Phi) is 2.75. The second-order valence-corrected chi connectivity index (χ2v) is 3.26. The molecule has 0 bridgehead atoms. The minimum absolute atomic E-state index is 0.845. The van der Waals surface area contributed by atoms with Crippen LogP contribution in [0, 0.1) is 0 Å². The van der Waals surface area contributed by atoms with E-state index in [0.717, 1.165) is 18.8 Å². The molecule has 0 unspecified atom stereocenters. The predicted octanol–water partition coefficient (Wildman–Crippen LogP) is 2.34. The summed E-state index contributed by atoms with van der Waals surface area (Å²) in [5.41, 5.74) is 1.13. The highest BCUT2D eigenvalue weighted by molar-refractivity contribution is 5.84. The summed E-state index contributed by atoms with van der Waals surface area (Å²) in [6, 6.07) is 10.4. The van der Waals surface area contributed by atoms with Crippen molar-refractivity contribution in [3.63, 3.8) is 0 Å². The number of fused-ring (bicyclic) bond motifs is 1. The molecule has 1 heterocycles. The van der Waals surface area contributed by atoms with Crippen LogP contribution in [0.15, 0.2) is 36.5 Å². The van der Waals surface area contributed by atoms with Crippen LogP contribution < -0.4 is 5.32 Å². The van der Waals surface area contributed by atoms with Gasteiger partial charge in [0.2, 0.25) is 0 Å². The largest absolute Gasteiger partial charge is 0.311 e. The van der Waals surface area contributed by atoms with Crippen molar-refractivity contribution >= 4 is 10.8 Å². The van der Waals surface area contributed by atoms with Gasteiger partial charge in [-0.1, -0.05) is 31.2 Å². The summed E-state index contributed by atoms with van der Waals surface area (Å²) >= 11 is 0. The second kappa shape index (κ2) is 4.20. The lowest BCUT2D eigenvalue weighted by Crippen LogP contribution is -2.13. The Balaban J connectivity index is 2.43. The first-order valence-corrected chi connectivity index (χ1v) is 4.95. The van der Waals surface area contributed by atoms with Gasteiger partial charge in [-0.15, -0.1) is 0 Å². The maximum atomic E-state index is 4.38. The van der Waals surface area contributed by atoms with Gasteiger partial charge in [0.25, 0.3) is 0 Å². The van der Waals surface area contributed by atoms with Crippen molar-refractivity contribution in [1.82, 2.24) is 10.3 Å². The fraction of sp³-hybridized carbons (Fsp3) is 0.250. The normalized spacial score (nSPS) is 10.6. The van der Waals surface area contributed by atoms with Crippen molar-refractivity contribution in [2.24, 2.45) is 0 Å². The molecule has 14 heavy (non-hydrogen) atoms. The van der Waals surface area contributed by atoms with E-state index in [2.05, 4.69) is 41.5 Å². The summed E-state index contributed by atoms with van der Waals surface area (Å²) in [5, 5.41) is 5.80. The predicted molar refractivity (Wildman–Crippen MR) is 59.1 cm³/mol. The Morgan fingerprint density at radius 2 is 2.07 bits per heavy atom. The first-order chi connectivity index (χ1) is 6.92. The Morgan fingerprint density at radius 1 is 1.21 bits per heavy atom. The number of rotatable bonds is 3. The maximum Gasteiger partial charge on any atom is 0.0619 e. The van der Waals surface area contributed by atoms with Crippen molar-refractivity contribution in [3.05, 3.63) is 42.2 Å². The third-order valence-electron chi connectivity index (χ3n) is 2.30. The summed E-state index contributed by atoms with van der Waals surface area (Å²) in [5.74, 6) is 0. The zero-order chi connectivity index (χ0) is 9.80. The van der Waals surface area contributed by atoms with Crippen molar-refractivity contribution in [2.75, 3.05) is 6.54 Å². The lowest BCUT2D eigenvalue weighted by molar-refractivity contribution is 0.715. The first-order valence-electron chi connectivity index (χ1n) is 4.95. The van der Waals surface area contributed by atoms with Crippen LogP contribution in [-0.2, 0) is 6.54 Å². The van der Waals surface area contributed by atoms with Crippen LogP contribution in [0.1, 0.15) is 12.6 Å². The molecule has 0 saturated heterocycles. The van der Waals surface area contributed by atoms with E-state index in [4.69, 9.17) is 0 Å². The van der Waals surface area contributed by atoms with Gasteiger partial charge in [-0.3, -0.25) is 4.98 Å². The van der Waals surface area contributed by atoms with Gasteiger partial charge in [-0.25, -0.2) is 0 Å². The van der Waals surface area contributed by atoms with Crippen LogP contribution in [0.2, 0.25) is 0 Å². The fourth-order valence-corrected chi connectivity index (χ4v) is 1.57. The van der Waals surface area contributed by atoms with Crippen molar-refractivity contribution < 1.29 is 0 Å². The van der Waals surface area contributed by atoms with Gasteiger partial charge in [-0.05, 0) is 18.0 Å². The zero-order valence-corrected chi connectivity index (χ0v) is 8.33. The van der Waals surface area contributed by atoms with Crippen LogP contribution in [0.5, 0.6) is 0 Å². The summed E-state index contributed by atoms with van der Waals surface area (Å²) in [6.45, 7) is 3.92. The fourth-order valence-electron chi connectivity index (χ4n) is 1.57. The van der Waals surface area contributed by atoms with Gasteiger partial charge in [-0.2, -0.15) is 0 Å². The summed E-state index contributed by atoms with van der Waals surface area (Å²) < 4.78 is 0. The van der Waals surface area contributed by atoms with Gasteiger partial charge < -0.3 is 5.32 Å². The molecule has 2 heteroatoms. The van der Waals surface area contributed by atoms with Crippen molar-refractivity contribution in [1.29, 1.82) is 0 Å². The topological polar surface area (TPSA) is 24.9 Å². The highest BCUT2D eigenvalue weighted by atomic mass is 14.9. The first kappa shape index (κ1) is 9.16. The maximum absolute atomic E-state index is 4.38. The van der Waals surface area contributed by atoms with E-state index in [1.54, 1.807) is 0 Å². The Morgan fingerprint density at radius 3 is 2.93 bits per heavy atom. The van der Waals surface area contributed by atoms with Gasteiger partial charge in [0.05, 0.1) is 5.69 Å². The third-order valence-corrected chi connectivity index (χ3v) is 2.30. The summed E-state index contributed by atoms with van der Waals surface area (Å²) in [6.07, 6.45) is 1.87. The molecule has 72 valence electrons. The Hall–Kier alpha value is -1.41. The molecular weight excluding hydrogens is 172 g/mol. The molecular formula is C12H14N2. The Labute approximate surface area is 84.0 Å². The minimum Gasteiger partial charge on any atom is -0.311 e. The standard InChI is InChI=1S/C12H14N2/c1-2-13-9-12-11-6-4-3-5-10(11)7-8-14-12/h3-8,13H,2,9H2,1H3.